The molecular formula is C20H15FN2O5. The monoisotopic (exact) mass is 382 g/mol. The van der Waals surface area contributed by atoms with Crippen molar-refractivity contribution in [3.8, 4) is 17.2 Å². The van der Waals surface area contributed by atoms with Gasteiger partial charge >= 0.3 is 0 Å². The molecule has 0 radical (unpaired) electrons. The second kappa shape index (κ2) is 8.17. The second-order valence-electron chi connectivity index (χ2n) is 5.65. The van der Waals surface area contributed by atoms with Crippen LogP contribution in [0.3, 0.4) is 0 Å². The van der Waals surface area contributed by atoms with Crippen molar-refractivity contribution >= 4 is 17.3 Å². The van der Waals surface area contributed by atoms with Crippen LogP contribution in [0, 0.1) is 15.9 Å². The highest BCUT2D eigenvalue weighted by Gasteiger charge is 2.15. The van der Waals surface area contributed by atoms with Crippen molar-refractivity contribution in [2.24, 2.45) is 0 Å². The molecule has 0 saturated heterocycles. The number of benzene rings is 3. The zero-order valence-electron chi connectivity index (χ0n) is 14.7. The molecule has 0 aliphatic carbocycles. The van der Waals surface area contributed by atoms with Crippen LogP contribution in [0.4, 0.5) is 15.8 Å². The summed E-state index contributed by atoms with van der Waals surface area (Å²) in [6, 6.07) is 16.0. The molecule has 0 bridgehead atoms. The third-order valence-electron chi connectivity index (χ3n) is 3.82. The number of hydrogen-bond donors (Lipinski definition) is 1. The number of nitro benzene ring substituents is 1. The van der Waals surface area contributed by atoms with Crippen molar-refractivity contribution in [1.82, 2.24) is 0 Å². The van der Waals surface area contributed by atoms with Crippen LogP contribution >= 0.6 is 0 Å². The second-order valence-corrected chi connectivity index (χ2v) is 5.65. The molecule has 0 aliphatic heterocycles. The van der Waals surface area contributed by atoms with Gasteiger partial charge in [-0.15, -0.1) is 0 Å². The predicted octanol–water partition coefficient (Wildman–Crippen LogP) is 4.79. The van der Waals surface area contributed by atoms with Gasteiger partial charge in [-0.2, -0.15) is 0 Å². The average molecular weight is 382 g/mol. The number of amides is 1. The molecule has 1 amide bonds. The highest BCUT2D eigenvalue weighted by molar-refractivity contribution is 6.06. The summed E-state index contributed by atoms with van der Waals surface area (Å²) in [7, 11) is 1.35. The van der Waals surface area contributed by atoms with Gasteiger partial charge in [0.15, 0.2) is 11.6 Å². The molecular weight excluding hydrogens is 367 g/mol. The number of para-hydroxylation sites is 1. The molecule has 0 aromatic heterocycles. The van der Waals surface area contributed by atoms with Gasteiger partial charge in [-0.3, -0.25) is 14.9 Å². The molecule has 3 rings (SSSR count). The highest BCUT2D eigenvalue weighted by atomic mass is 19.1. The third kappa shape index (κ3) is 4.24. The summed E-state index contributed by atoms with van der Waals surface area (Å²) in [6.45, 7) is 0. The van der Waals surface area contributed by atoms with E-state index in [1.165, 1.54) is 43.5 Å². The fourth-order valence-corrected chi connectivity index (χ4v) is 2.45. The first-order chi connectivity index (χ1) is 13.5. The van der Waals surface area contributed by atoms with Gasteiger partial charge in [-0.1, -0.05) is 12.1 Å². The number of carbonyl (C=O) groups is 1. The average Bonchev–Trinajstić information content (AvgIpc) is 2.69. The van der Waals surface area contributed by atoms with Crippen LogP contribution in [0.25, 0.3) is 0 Å². The fraction of sp³-hybridized carbons (Fsp3) is 0.0500. The Morgan fingerprint density at radius 3 is 2.39 bits per heavy atom. The van der Waals surface area contributed by atoms with Crippen LogP contribution < -0.4 is 14.8 Å². The van der Waals surface area contributed by atoms with E-state index in [0.29, 0.717) is 5.75 Å². The van der Waals surface area contributed by atoms with Gasteiger partial charge in [0.05, 0.1) is 17.6 Å². The summed E-state index contributed by atoms with van der Waals surface area (Å²) in [5.74, 6) is -0.443. The first-order valence-corrected chi connectivity index (χ1v) is 8.14. The van der Waals surface area contributed by atoms with E-state index in [1.54, 1.807) is 24.3 Å². The molecule has 142 valence electrons. The SMILES string of the molecule is COc1ccc(NC(=O)c2ccccc2Oc2ccc([N+](=O)[O-])cc2)cc1F. The lowest BCUT2D eigenvalue weighted by Gasteiger charge is -2.12. The van der Waals surface area contributed by atoms with Crippen molar-refractivity contribution in [1.29, 1.82) is 0 Å². The smallest absolute Gasteiger partial charge is 0.269 e. The molecule has 8 heteroatoms. The summed E-state index contributed by atoms with van der Waals surface area (Å²) >= 11 is 0. The maximum Gasteiger partial charge on any atom is 0.269 e. The quantitative estimate of drug-likeness (QED) is 0.489. The summed E-state index contributed by atoms with van der Waals surface area (Å²) in [4.78, 5) is 22.8. The first-order valence-electron chi connectivity index (χ1n) is 8.14. The van der Waals surface area contributed by atoms with Crippen LogP contribution in [0.1, 0.15) is 10.4 Å². The lowest BCUT2D eigenvalue weighted by Crippen LogP contribution is -2.13. The van der Waals surface area contributed by atoms with Crippen LogP contribution in [0.2, 0.25) is 0 Å². The number of hydrogen-bond acceptors (Lipinski definition) is 5. The van der Waals surface area contributed by atoms with Crippen molar-refractivity contribution in [2.75, 3.05) is 12.4 Å². The summed E-state index contributed by atoms with van der Waals surface area (Å²) < 4.78 is 24.3. The lowest BCUT2D eigenvalue weighted by molar-refractivity contribution is -0.384. The maximum atomic E-state index is 13.8. The molecule has 0 aliphatic rings. The van der Waals surface area contributed by atoms with Gasteiger partial charge < -0.3 is 14.8 Å². The van der Waals surface area contributed by atoms with E-state index in [-0.39, 0.29) is 28.4 Å². The molecule has 1 N–H and O–H groups in total. The van der Waals surface area contributed by atoms with Gasteiger partial charge in [0.1, 0.15) is 11.5 Å². The molecule has 0 spiro atoms. The Labute approximate surface area is 159 Å². The number of carbonyl (C=O) groups excluding carboxylic acids is 1. The van der Waals surface area contributed by atoms with Crippen LogP contribution in [-0.2, 0) is 0 Å². The topological polar surface area (TPSA) is 90.7 Å². The number of anilines is 1. The number of rotatable bonds is 6. The first kappa shape index (κ1) is 18.8. The largest absolute Gasteiger partial charge is 0.494 e. The van der Waals surface area contributed by atoms with Crippen molar-refractivity contribution in [2.45, 2.75) is 0 Å². The summed E-state index contributed by atoms with van der Waals surface area (Å²) in [5.41, 5.74) is 0.408. The molecule has 0 atom stereocenters. The van der Waals surface area contributed by atoms with E-state index in [0.717, 1.165) is 6.07 Å². The number of non-ortho nitro benzene ring substituents is 1. The minimum atomic E-state index is -0.601. The van der Waals surface area contributed by atoms with Crippen molar-refractivity contribution in [3.63, 3.8) is 0 Å². The number of halogens is 1. The van der Waals surface area contributed by atoms with Crippen LogP contribution in [0.15, 0.2) is 66.7 Å². The van der Waals surface area contributed by atoms with E-state index < -0.39 is 16.6 Å². The Balaban J connectivity index is 1.80. The zero-order chi connectivity index (χ0) is 20.1. The lowest BCUT2D eigenvalue weighted by atomic mass is 10.1. The Kier molecular flexibility index (Phi) is 5.50. The molecule has 0 fully saturated rings. The molecule has 0 unspecified atom stereocenters. The van der Waals surface area contributed by atoms with Crippen molar-refractivity contribution in [3.05, 3.63) is 88.2 Å². The number of methoxy groups -OCH3 is 1. The van der Waals surface area contributed by atoms with Gasteiger partial charge in [0.2, 0.25) is 0 Å². The van der Waals surface area contributed by atoms with Crippen LogP contribution in [-0.4, -0.2) is 17.9 Å². The van der Waals surface area contributed by atoms with E-state index in [1.807, 2.05) is 0 Å². The normalized spacial score (nSPS) is 10.2. The van der Waals surface area contributed by atoms with E-state index in [4.69, 9.17) is 9.47 Å². The van der Waals surface area contributed by atoms with E-state index in [9.17, 15) is 19.3 Å². The molecule has 7 nitrogen and oxygen atoms in total. The number of nitrogens with zero attached hydrogens (tertiary/aromatic N) is 1. The van der Waals surface area contributed by atoms with Gasteiger partial charge in [-0.25, -0.2) is 4.39 Å². The van der Waals surface area contributed by atoms with E-state index in [2.05, 4.69) is 5.32 Å². The predicted molar refractivity (Wildman–Crippen MR) is 101 cm³/mol. The standard InChI is InChI=1S/C20H15FN2O5/c1-27-19-11-6-13(12-17(19)21)22-20(24)16-4-2-3-5-18(16)28-15-9-7-14(8-10-15)23(25)26/h2-12H,1H3,(H,22,24). The van der Waals surface area contributed by atoms with E-state index >= 15 is 0 Å². The molecule has 3 aromatic carbocycles. The van der Waals surface area contributed by atoms with Crippen molar-refractivity contribution < 1.29 is 23.6 Å². The minimum absolute atomic E-state index is 0.0694. The molecule has 3 aromatic rings. The third-order valence-corrected chi connectivity index (χ3v) is 3.82. The van der Waals surface area contributed by atoms with Gasteiger partial charge in [0.25, 0.3) is 11.6 Å². The molecule has 28 heavy (non-hydrogen) atoms. The number of nitrogens with one attached hydrogen (secondary N) is 1. The Hall–Kier alpha value is -3.94. The molecule has 0 heterocycles. The Morgan fingerprint density at radius 1 is 1.04 bits per heavy atom. The van der Waals surface area contributed by atoms with Crippen LogP contribution in [0.5, 0.6) is 17.2 Å². The number of ether oxygens (including phenoxy) is 2. The summed E-state index contributed by atoms with van der Waals surface area (Å²) in [6.07, 6.45) is 0. The van der Waals surface area contributed by atoms with Gasteiger partial charge in [-0.05, 0) is 36.4 Å². The van der Waals surface area contributed by atoms with Gasteiger partial charge in [0, 0.05) is 23.9 Å². The maximum absolute atomic E-state index is 13.8. The Bertz CT molecular complexity index is 1020. The highest BCUT2D eigenvalue weighted by Crippen LogP contribution is 2.28. The fourth-order valence-electron chi connectivity index (χ4n) is 2.45. The Morgan fingerprint density at radius 2 is 1.75 bits per heavy atom. The number of nitro groups is 1. The minimum Gasteiger partial charge on any atom is -0.494 e. The summed E-state index contributed by atoms with van der Waals surface area (Å²) in [5, 5.41) is 13.3. The molecule has 0 saturated carbocycles. The zero-order valence-corrected chi connectivity index (χ0v) is 14.7.